The lowest BCUT2D eigenvalue weighted by atomic mass is 10.0. The first-order chi connectivity index (χ1) is 18.2. The number of amides is 2. The van der Waals surface area contributed by atoms with E-state index in [0.29, 0.717) is 5.69 Å². The maximum atomic E-state index is 14.1. The van der Waals surface area contributed by atoms with E-state index >= 15 is 0 Å². The van der Waals surface area contributed by atoms with Gasteiger partial charge in [-0.3, -0.25) is 13.9 Å². The Labute approximate surface area is 232 Å². The van der Waals surface area contributed by atoms with Crippen molar-refractivity contribution < 1.29 is 18.0 Å². The van der Waals surface area contributed by atoms with E-state index in [9.17, 15) is 18.0 Å². The van der Waals surface area contributed by atoms with Gasteiger partial charge in [0.05, 0.1) is 11.9 Å². The fourth-order valence-corrected chi connectivity index (χ4v) is 5.19. The summed E-state index contributed by atoms with van der Waals surface area (Å²) in [4.78, 5) is 29.3. The Morgan fingerprint density at radius 2 is 1.46 bits per heavy atom. The lowest BCUT2D eigenvalue weighted by Crippen LogP contribution is -2.56. The molecule has 1 atom stereocenters. The van der Waals surface area contributed by atoms with Crippen LogP contribution in [-0.4, -0.2) is 49.5 Å². The minimum atomic E-state index is -3.79. The van der Waals surface area contributed by atoms with Crippen LogP contribution >= 0.6 is 0 Å². The summed E-state index contributed by atoms with van der Waals surface area (Å²) in [7, 11) is -3.79. The van der Waals surface area contributed by atoms with Gasteiger partial charge in [-0.1, -0.05) is 77.9 Å². The number of nitrogens with one attached hydrogen (secondary N) is 1. The quantitative estimate of drug-likeness (QED) is 0.400. The zero-order valence-electron chi connectivity index (χ0n) is 23.6. The third-order valence-electron chi connectivity index (χ3n) is 6.21. The molecule has 1 N–H and O–H groups in total. The SMILES string of the molecule is Cc1ccc(N(CC(=O)N(Cc2cccc(C)c2)[C@@H](Cc2ccccc2)C(=O)NC(C)(C)C)S(C)(=O)=O)cc1. The summed E-state index contributed by atoms with van der Waals surface area (Å²) < 4.78 is 26.8. The fourth-order valence-electron chi connectivity index (χ4n) is 4.34. The molecule has 0 spiro atoms. The molecule has 2 amide bonds. The Hall–Kier alpha value is -3.65. The molecule has 3 aromatic rings. The lowest BCUT2D eigenvalue weighted by Gasteiger charge is -2.35. The summed E-state index contributed by atoms with van der Waals surface area (Å²) in [6.45, 7) is 9.26. The van der Waals surface area contributed by atoms with Gasteiger partial charge in [0.1, 0.15) is 12.6 Å². The van der Waals surface area contributed by atoms with E-state index in [0.717, 1.165) is 32.8 Å². The number of aryl methyl sites for hydroxylation is 2. The number of rotatable bonds is 10. The van der Waals surface area contributed by atoms with Crippen molar-refractivity contribution in [2.75, 3.05) is 17.1 Å². The number of sulfonamides is 1. The van der Waals surface area contributed by atoms with Crippen LogP contribution in [0, 0.1) is 13.8 Å². The predicted octanol–water partition coefficient (Wildman–Crippen LogP) is 4.62. The molecule has 0 fully saturated rings. The molecular weight excluding hydrogens is 510 g/mol. The average molecular weight is 550 g/mol. The van der Waals surface area contributed by atoms with Crippen LogP contribution in [0.25, 0.3) is 0 Å². The van der Waals surface area contributed by atoms with Crippen molar-refractivity contribution in [3.05, 3.63) is 101 Å². The van der Waals surface area contributed by atoms with Crippen molar-refractivity contribution in [3.63, 3.8) is 0 Å². The van der Waals surface area contributed by atoms with Gasteiger partial charge in [0.2, 0.25) is 21.8 Å². The first-order valence-electron chi connectivity index (χ1n) is 13.0. The smallest absolute Gasteiger partial charge is 0.244 e. The fraction of sp³-hybridized carbons (Fsp3) is 0.355. The second-order valence-corrected chi connectivity index (χ2v) is 13.0. The number of benzene rings is 3. The summed E-state index contributed by atoms with van der Waals surface area (Å²) in [5, 5.41) is 3.03. The first-order valence-corrected chi connectivity index (χ1v) is 14.8. The molecule has 39 heavy (non-hydrogen) atoms. The molecular formula is C31H39N3O4S. The van der Waals surface area contributed by atoms with Gasteiger partial charge in [0, 0.05) is 18.5 Å². The maximum absolute atomic E-state index is 14.1. The predicted molar refractivity (Wildman–Crippen MR) is 157 cm³/mol. The van der Waals surface area contributed by atoms with Crippen LogP contribution in [0.15, 0.2) is 78.9 Å². The van der Waals surface area contributed by atoms with Gasteiger partial charge in [0.15, 0.2) is 0 Å². The van der Waals surface area contributed by atoms with E-state index in [2.05, 4.69) is 5.32 Å². The number of carbonyl (C=O) groups is 2. The van der Waals surface area contributed by atoms with Crippen molar-refractivity contribution >= 4 is 27.5 Å². The normalized spacial score (nSPS) is 12.5. The highest BCUT2D eigenvalue weighted by Crippen LogP contribution is 2.21. The van der Waals surface area contributed by atoms with Gasteiger partial charge in [-0.25, -0.2) is 8.42 Å². The van der Waals surface area contributed by atoms with Gasteiger partial charge in [0.25, 0.3) is 0 Å². The minimum Gasteiger partial charge on any atom is -0.350 e. The van der Waals surface area contributed by atoms with Crippen molar-refractivity contribution in [1.29, 1.82) is 0 Å². The molecule has 0 aromatic heterocycles. The van der Waals surface area contributed by atoms with Crippen LogP contribution in [0.3, 0.4) is 0 Å². The van der Waals surface area contributed by atoms with Crippen molar-refractivity contribution in [1.82, 2.24) is 10.2 Å². The molecule has 0 bridgehead atoms. The molecule has 0 saturated heterocycles. The Balaban J connectivity index is 2.07. The number of nitrogens with zero attached hydrogens (tertiary/aromatic N) is 2. The highest BCUT2D eigenvalue weighted by atomic mass is 32.2. The van der Waals surface area contributed by atoms with Gasteiger partial charge in [-0.05, 0) is 57.9 Å². The van der Waals surface area contributed by atoms with E-state index in [4.69, 9.17) is 0 Å². The third kappa shape index (κ3) is 8.96. The zero-order chi connectivity index (χ0) is 28.8. The molecule has 3 rings (SSSR count). The number of hydrogen-bond acceptors (Lipinski definition) is 4. The number of carbonyl (C=O) groups excluding carboxylic acids is 2. The van der Waals surface area contributed by atoms with Crippen LogP contribution < -0.4 is 9.62 Å². The molecule has 0 saturated carbocycles. The molecule has 0 aliphatic carbocycles. The van der Waals surface area contributed by atoms with E-state index in [1.807, 2.05) is 89.2 Å². The number of hydrogen-bond donors (Lipinski definition) is 1. The topological polar surface area (TPSA) is 86.8 Å². The van der Waals surface area contributed by atoms with E-state index in [1.54, 1.807) is 24.3 Å². The van der Waals surface area contributed by atoms with E-state index < -0.39 is 34.1 Å². The summed E-state index contributed by atoms with van der Waals surface area (Å²) in [6, 6.07) is 23.4. The highest BCUT2D eigenvalue weighted by molar-refractivity contribution is 7.92. The van der Waals surface area contributed by atoms with Gasteiger partial charge in [-0.2, -0.15) is 0 Å². The summed E-state index contributed by atoms with van der Waals surface area (Å²) in [5.74, 6) is -0.763. The Morgan fingerprint density at radius 1 is 0.846 bits per heavy atom. The summed E-state index contributed by atoms with van der Waals surface area (Å²) >= 11 is 0. The summed E-state index contributed by atoms with van der Waals surface area (Å²) in [6.07, 6.45) is 1.36. The lowest BCUT2D eigenvalue weighted by molar-refractivity contribution is -0.140. The molecule has 8 heteroatoms. The van der Waals surface area contributed by atoms with Gasteiger partial charge < -0.3 is 10.2 Å². The molecule has 7 nitrogen and oxygen atoms in total. The molecule has 0 radical (unpaired) electrons. The molecule has 0 aliphatic heterocycles. The van der Waals surface area contributed by atoms with Gasteiger partial charge in [-0.15, -0.1) is 0 Å². The largest absolute Gasteiger partial charge is 0.350 e. The standard InChI is InChI=1S/C31H39N3O4S/c1-23-15-17-27(18-16-23)34(39(6,37)38)22-29(35)33(21-26-14-10-11-24(2)19-26)28(30(36)32-31(3,4)5)20-25-12-8-7-9-13-25/h7-19,28H,20-22H2,1-6H3,(H,32,36)/t28-/m0/s1. The van der Waals surface area contributed by atoms with Crippen LogP contribution in [0.5, 0.6) is 0 Å². The molecule has 0 aliphatic rings. The highest BCUT2D eigenvalue weighted by Gasteiger charge is 2.34. The monoisotopic (exact) mass is 549 g/mol. The summed E-state index contributed by atoms with van der Waals surface area (Å²) in [5.41, 5.74) is 3.62. The molecule has 208 valence electrons. The van der Waals surface area contributed by atoms with Crippen LogP contribution in [0.2, 0.25) is 0 Å². The first kappa shape index (κ1) is 29.9. The van der Waals surface area contributed by atoms with E-state index in [-0.39, 0.29) is 18.9 Å². The van der Waals surface area contributed by atoms with Gasteiger partial charge >= 0.3 is 0 Å². The Morgan fingerprint density at radius 3 is 2.03 bits per heavy atom. The van der Waals surface area contributed by atoms with E-state index in [1.165, 1.54) is 4.90 Å². The Bertz CT molecular complexity index is 1380. The van der Waals surface area contributed by atoms with Crippen molar-refractivity contribution in [2.24, 2.45) is 0 Å². The van der Waals surface area contributed by atoms with Crippen LogP contribution in [0.4, 0.5) is 5.69 Å². The molecule has 0 heterocycles. The second-order valence-electron chi connectivity index (χ2n) is 11.1. The number of anilines is 1. The molecule has 0 unspecified atom stereocenters. The van der Waals surface area contributed by atoms with Crippen molar-refractivity contribution in [3.8, 4) is 0 Å². The Kier molecular flexibility index (Phi) is 9.56. The van der Waals surface area contributed by atoms with Crippen molar-refractivity contribution in [2.45, 2.75) is 59.2 Å². The van der Waals surface area contributed by atoms with Crippen LogP contribution in [-0.2, 0) is 32.6 Å². The second kappa shape index (κ2) is 12.5. The zero-order valence-corrected chi connectivity index (χ0v) is 24.5. The molecule has 3 aromatic carbocycles. The van der Waals surface area contributed by atoms with Crippen LogP contribution in [0.1, 0.15) is 43.0 Å². The average Bonchev–Trinajstić information content (AvgIpc) is 2.84. The third-order valence-corrected chi connectivity index (χ3v) is 7.35. The maximum Gasteiger partial charge on any atom is 0.244 e. The minimum absolute atomic E-state index is 0.154.